The van der Waals surface area contributed by atoms with E-state index in [-0.39, 0.29) is 56.8 Å². The van der Waals surface area contributed by atoms with E-state index in [2.05, 4.69) is 31.6 Å². The number of ether oxygens (including phenoxy) is 1. The minimum Gasteiger partial charge on any atom is -0.465 e. The molecule has 2 aromatic carbocycles. The van der Waals surface area contributed by atoms with Gasteiger partial charge in [0.05, 0.1) is 0 Å². The molecule has 0 radical (unpaired) electrons. The standard InChI is InChI=1S/C38H53N9O8/c39-31(48)27(14-7-8-16-43-37(54)55-23-25-12-5-2-6-13-25)44-34(51)30(22-38-19-26(20-38)21-38)46-32(49)28(15-9-17-42-35(40)41)45-33(50)29(47-36(52)53)18-24-10-3-1-4-11-24/h1-6,10-13,26-30,47H,7-9,14-23H2,(H2,39,48)(H,43,54)(H,44,51)(H,45,50)(H,46,49)(H,52,53)(H4,40,41,42)/t26?,27-,28+,29-,30-,38?/m0/s1. The van der Waals surface area contributed by atoms with Crippen molar-refractivity contribution in [3.05, 3.63) is 71.8 Å². The van der Waals surface area contributed by atoms with E-state index in [0.717, 1.165) is 24.8 Å². The highest BCUT2D eigenvalue weighted by molar-refractivity contribution is 5.95. The molecular formula is C38H53N9O8. The number of hydrogen-bond acceptors (Lipinski definition) is 8. The molecule has 0 spiro atoms. The zero-order valence-electron chi connectivity index (χ0n) is 30.8. The highest BCUT2D eigenvalue weighted by Crippen LogP contribution is 2.66. The lowest BCUT2D eigenvalue weighted by atomic mass is 9.43. The van der Waals surface area contributed by atoms with Gasteiger partial charge in [0.15, 0.2) is 5.96 Å². The Morgan fingerprint density at radius 2 is 1.29 bits per heavy atom. The summed E-state index contributed by atoms with van der Waals surface area (Å²) in [4.78, 5) is 81.3. The van der Waals surface area contributed by atoms with Gasteiger partial charge in [-0.15, -0.1) is 0 Å². The number of primary amides is 1. The van der Waals surface area contributed by atoms with E-state index in [1.807, 2.05) is 30.3 Å². The Balaban J connectivity index is 1.37. The van der Waals surface area contributed by atoms with Gasteiger partial charge in [0.1, 0.15) is 30.8 Å². The number of carboxylic acid groups (broad SMARTS) is 1. The van der Waals surface area contributed by atoms with Gasteiger partial charge in [0.2, 0.25) is 23.6 Å². The largest absolute Gasteiger partial charge is 0.465 e. The molecule has 0 aromatic heterocycles. The van der Waals surface area contributed by atoms with Crippen LogP contribution < -0.4 is 43.8 Å². The monoisotopic (exact) mass is 763 g/mol. The van der Waals surface area contributed by atoms with Gasteiger partial charge in [-0.25, -0.2) is 9.59 Å². The molecule has 3 fully saturated rings. The normalized spacial score (nSPS) is 18.7. The molecule has 5 rings (SSSR count). The summed E-state index contributed by atoms with van der Waals surface area (Å²) in [5.74, 6) is -2.30. The molecule has 3 saturated carbocycles. The van der Waals surface area contributed by atoms with Gasteiger partial charge in [0.25, 0.3) is 0 Å². The van der Waals surface area contributed by atoms with Gasteiger partial charge in [0, 0.05) is 19.5 Å². The van der Waals surface area contributed by atoms with Crippen LogP contribution in [-0.2, 0) is 36.9 Å². The maximum absolute atomic E-state index is 13.9. The van der Waals surface area contributed by atoms with Crippen molar-refractivity contribution in [1.29, 1.82) is 0 Å². The van der Waals surface area contributed by atoms with Gasteiger partial charge in [-0.05, 0) is 80.2 Å². The van der Waals surface area contributed by atoms with Crippen molar-refractivity contribution >= 4 is 41.8 Å². The summed E-state index contributed by atoms with van der Waals surface area (Å²) in [7, 11) is 0. The van der Waals surface area contributed by atoms with Crippen molar-refractivity contribution in [1.82, 2.24) is 26.6 Å². The van der Waals surface area contributed by atoms with Gasteiger partial charge < -0.3 is 53.6 Å². The Labute approximate surface area is 320 Å². The van der Waals surface area contributed by atoms with Crippen molar-refractivity contribution in [2.75, 3.05) is 13.1 Å². The quantitative estimate of drug-likeness (QED) is 0.0442. The van der Waals surface area contributed by atoms with E-state index in [1.54, 1.807) is 30.3 Å². The fourth-order valence-electron chi connectivity index (χ4n) is 7.07. The number of hydrogen-bond donors (Lipinski definition) is 9. The summed E-state index contributed by atoms with van der Waals surface area (Å²) in [5.41, 5.74) is 18.0. The first kappa shape index (κ1) is 41.9. The number of carbonyl (C=O) groups is 6. The van der Waals surface area contributed by atoms with Crippen LogP contribution in [0.4, 0.5) is 9.59 Å². The maximum atomic E-state index is 13.9. The molecule has 6 amide bonds. The van der Waals surface area contributed by atoms with Gasteiger partial charge in [-0.3, -0.25) is 24.2 Å². The summed E-state index contributed by atoms with van der Waals surface area (Å²) in [6.07, 6.45) is 2.59. The average molecular weight is 764 g/mol. The number of unbranched alkanes of at least 4 members (excludes halogenated alkanes) is 1. The summed E-state index contributed by atoms with van der Waals surface area (Å²) >= 11 is 0. The number of guanidine groups is 1. The number of nitrogens with zero attached hydrogens (tertiary/aromatic N) is 1. The number of rotatable bonds is 23. The number of nitrogens with two attached hydrogens (primary N) is 3. The number of nitrogens with one attached hydrogen (secondary N) is 5. The lowest BCUT2D eigenvalue weighted by molar-refractivity contribution is -0.143. The molecule has 0 saturated heterocycles. The molecule has 2 bridgehead atoms. The Bertz CT molecular complexity index is 1640. The topological polar surface area (TPSA) is 282 Å². The van der Waals surface area contributed by atoms with E-state index in [4.69, 9.17) is 21.9 Å². The smallest absolute Gasteiger partial charge is 0.407 e. The SMILES string of the molecule is NC(=O)[C@H](CCCCNC(=O)OCc1ccccc1)NC(=O)[C@H](CC12CC(C1)C2)NC(=O)[C@@H](CCCN=C(N)N)NC(=O)[C@H](Cc1ccccc1)NC(=O)O. The van der Waals surface area contributed by atoms with E-state index in [9.17, 15) is 33.9 Å². The molecular weight excluding hydrogens is 710 g/mol. The third-order valence-corrected chi connectivity index (χ3v) is 9.97. The molecule has 17 heteroatoms. The molecule has 55 heavy (non-hydrogen) atoms. The second-order valence-corrected chi connectivity index (χ2v) is 14.4. The molecule has 0 unspecified atom stereocenters. The number of amides is 6. The third kappa shape index (κ3) is 13.8. The van der Waals surface area contributed by atoms with Crippen LogP contribution in [0.3, 0.4) is 0 Å². The Morgan fingerprint density at radius 3 is 1.87 bits per heavy atom. The van der Waals surface area contributed by atoms with Gasteiger partial charge >= 0.3 is 12.2 Å². The first-order chi connectivity index (χ1) is 26.3. The second-order valence-electron chi connectivity index (χ2n) is 14.4. The third-order valence-electron chi connectivity index (χ3n) is 9.97. The van der Waals surface area contributed by atoms with Gasteiger partial charge in [-0.2, -0.15) is 0 Å². The van der Waals surface area contributed by atoms with Crippen LogP contribution in [-0.4, -0.2) is 84.1 Å². The zero-order chi connectivity index (χ0) is 39.8. The number of carbonyl (C=O) groups excluding carboxylic acids is 5. The van der Waals surface area contributed by atoms with Crippen molar-refractivity contribution in [2.45, 2.75) is 95.0 Å². The molecule has 0 aliphatic heterocycles. The first-order valence-corrected chi connectivity index (χ1v) is 18.6. The summed E-state index contributed by atoms with van der Waals surface area (Å²) in [5, 5.41) is 22.5. The highest BCUT2D eigenvalue weighted by atomic mass is 16.5. The van der Waals surface area contributed by atoms with Crippen LogP contribution in [0.25, 0.3) is 0 Å². The van der Waals surface area contributed by atoms with Crippen LogP contribution in [0.5, 0.6) is 0 Å². The fraction of sp³-hybridized carbons (Fsp3) is 0.500. The molecule has 17 nitrogen and oxygen atoms in total. The summed E-state index contributed by atoms with van der Waals surface area (Å²) < 4.78 is 5.21. The maximum Gasteiger partial charge on any atom is 0.407 e. The zero-order valence-corrected chi connectivity index (χ0v) is 30.8. The molecule has 298 valence electrons. The number of alkyl carbamates (subject to hydrolysis) is 1. The predicted octanol–water partition coefficient (Wildman–Crippen LogP) is 1.15. The predicted molar refractivity (Wildman–Crippen MR) is 203 cm³/mol. The van der Waals surface area contributed by atoms with Crippen molar-refractivity contribution in [3.63, 3.8) is 0 Å². The van der Waals surface area contributed by atoms with Crippen molar-refractivity contribution in [2.24, 2.45) is 33.5 Å². The van der Waals surface area contributed by atoms with Crippen LogP contribution in [0.15, 0.2) is 65.7 Å². The molecule has 4 atom stereocenters. The lowest BCUT2D eigenvalue weighted by Gasteiger charge is -2.63. The summed E-state index contributed by atoms with van der Waals surface area (Å²) in [6, 6.07) is 13.5. The fourth-order valence-corrected chi connectivity index (χ4v) is 7.07. The van der Waals surface area contributed by atoms with Crippen molar-refractivity contribution in [3.8, 4) is 0 Å². The van der Waals surface area contributed by atoms with Crippen LogP contribution in [0, 0.1) is 11.3 Å². The molecule has 0 heterocycles. The van der Waals surface area contributed by atoms with Gasteiger partial charge in [-0.1, -0.05) is 60.7 Å². The first-order valence-electron chi connectivity index (χ1n) is 18.6. The molecule has 3 aliphatic carbocycles. The van der Waals surface area contributed by atoms with Crippen LogP contribution in [0.1, 0.15) is 68.9 Å². The Kier molecular flexibility index (Phi) is 15.6. The molecule has 3 aliphatic rings. The number of aliphatic imine (C=N–C) groups is 1. The van der Waals surface area contributed by atoms with E-state index in [1.165, 1.54) is 0 Å². The molecule has 2 aromatic rings. The Morgan fingerprint density at radius 1 is 0.727 bits per heavy atom. The Hall–Kier alpha value is -5.87. The highest BCUT2D eigenvalue weighted by Gasteiger charge is 2.57. The average Bonchev–Trinajstić information content (AvgIpc) is 3.11. The van der Waals surface area contributed by atoms with Crippen LogP contribution >= 0.6 is 0 Å². The minimum absolute atomic E-state index is 0.0267. The molecule has 12 N–H and O–H groups in total. The summed E-state index contributed by atoms with van der Waals surface area (Å²) in [6.45, 7) is 0.561. The lowest BCUT2D eigenvalue weighted by Crippen LogP contribution is -2.61. The van der Waals surface area contributed by atoms with E-state index < -0.39 is 60.0 Å². The second kappa shape index (κ2) is 20.5. The number of benzene rings is 2. The van der Waals surface area contributed by atoms with Crippen LogP contribution in [0.2, 0.25) is 0 Å². The van der Waals surface area contributed by atoms with E-state index >= 15 is 0 Å². The minimum atomic E-state index is -1.42. The van der Waals surface area contributed by atoms with E-state index in [0.29, 0.717) is 30.7 Å². The van der Waals surface area contributed by atoms with Crippen molar-refractivity contribution < 1.29 is 38.6 Å².